The van der Waals surface area contributed by atoms with E-state index in [0.29, 0.717) is 6.54 Å². The Morgan fingerprint density at radius 3 is 3.00 bits per heavy atom. The largest absolute Gasteiger partial charge is 0.327 e. The fraction of sp³-hybridized carbons (Fsp3) is 0.500. The highest BCUT2D eigenvalue weighted by Crippen LogP contribution is 2.16. The summed E-state index contributed by atoms with van der Waals surface area (Å²) in [6, 6.07) is -0.678. The zero-order valence-corrected chi connectivity index (χ0v) is 4.55. The molecule has 0 aromatic rings. The number of imide groups is 1. The Morgan fingerprint density at radius 2 is 2.33 bits per heavy atom. The molecule has 0 bridgehead atoms. The summed E-state index contributed by atoms with van der Waals surface area (Å²) in [6.07, 6.45) is -0.0220. The fourth-order valence-corrected chi connectivity index (χ4v) is 0.844. The first-order valence-corrected chi connectivity index (χ1v) is 2.65. The molecule has 4 amide bonds. The van der Waals surface area contributed by atoms with Crippen LogP contribution in [0.2, 0.25) is 0 Å². The molecule has 0 spiro atoms. The molecular weight excluding hydrogens is 122 g/mol. The van der Waals surface area contributed by atoms with Crippen molar-refractivity contribution >= 4 is 12.1 Å². The van der Waals surface area contributed by atoms with Crippen molar-refractivity contribution in [1.29, 1.82) is 0 Å². The van der Waals surface area contributed by atoms with Crippen molar-refractivity contribution in [2.45, 2.75) is 6.17 Å². The quantitative estimate of drug-likeness (QED) is 0.412. The zero-order chi connectivity index (χ0) is 6.43. The Kier molecular flexibility index (Phi) is 0.602. The van der Waals surface area contributed by atoms with Gasteiger partial charge in [-0.3, -0.25) is 10.2 Å². The van der Waals surface area contributed by atoms with E-state index in [9.17, 15) is 9.59 Å². The van der Waals surface area contributed by atoms with Gasteiger partial charge in [-0.15, -0.1) is 0 Å². The van der Waals surface area contributed by atoms with Gasteiger partial charge in [0.05, 0.1) is 6.54 Å². The summed E-state index contributed by atoms with van der Waals surface area (Å²) in [7, 11) is 0. The van der Waals surface area contributed by atoms with Gasteiger partial charge in [-0.2, -0.15) is 0 Å². The maximum absolute atomic E-state index is 10.6. The molecule has 2 fully saturated rings. The Morgan fingerprint density at radius 1 is 1.56 bits per heavy atom. The van der Waals surface area contributed by atoms with Crippen molar-refractivity contribution in [3.05, 3.63) is 0 Å². The van der Waals surface area contributed by atoms with Crippen molar-refractivity contribution in [2.75, 3.05) is 6.54 Å². The zero-order valence-electron chi connectivity index (χ0n) is 4.55. The first kappa shape index (κ1) is 4.60. The third-order valence-corrected chi connectivity index (χ3v) is 1.39. The molecule has 2 aliphatic rings. The lowest BCUT2D eigenvalue weighted by atomic mass is 10.7. The van der Waals surface area contributed by atoms with Gasteiger partial charge in [-0.05, 0) is 0 Å². The number of nitrogens with zero attached hydrogens (tertiary/aromatic N) is 1. The summed E-state index contributed by atoms with van der Waals surface area (Å²) in [6.45, 7) is 0.650. The number of carbonyl (C=O) groups excluding carboxylic acids is 2. The number of fused-ring (bicyclic) bond motifs is 1. The minimum atomic E-state index is -0.390. The van der Waals surface area contributed by atoms with Gasteiger partial charge in [0.15, 0.2) is 0 Å². The van der Waals surface area contributed by atoms with Crippen molar-refractivity contribution in [1.82, 2.24) is 15.5 Å². The minimum Gasteiger partial charge on any atom is -0.316 e. The lowest BCUT2D eigenvalue weighted by Gasteiger charge is -2.11. The van der Waals surface area contributed by atoms with Gasteiger partial charge in [0, 0.05) is 0 Å². The van der Waals surface area contributed by atoms with E-state index in [2.05, 4.69) is 10.6 Å². The van der Waals surface area contributed by atoms with Gasteiger partial charge >= 0.3 is 12.1 Å². The van der Waals surface area contributed by atoms with Crippen LogP contribution in [0.5, 0.6) is 0 Å². The van der Waals surface area contributed by atoms with Crippen LogP contribution in [0.25, 0.3) is 0 Å². The van der Waals surface area contributed by atoms with Crippen molar-refractivity contribution in [2.24, 2.45) is 0 Å². The molecule has 48 valence electrons. The molecular formula is C4H5N3O2. The number of amides is 4. The van der Waals surface area contributed by atoms with E-state index in [1.165, 1.54) is 4.90 Å². The maximum atomic E-state index is 10.6. The van der Waals surface area contributed by atoms with E-state index in [-0.39, 0.29) is 12.2 Å². The predicted octanol–water partition coefficient (Wildman–Crippen LogP) is -0.939. The van der Waals surface area contributed by atoms with E-state index >= 15 is 0 Å². The van der Waals surface area contributed by atoms with Gasteiger partial charge in [-0.25, -0.2) is 9.59 Å². The summed E-state index contributed by atoms with van der Waals surface area (Å²) in [5.74, 6) is 0. The maximum Gasteiger partial charge on any atom is 0.327 e. The highest BCUT2D eigenvalue weighted by atomic mass is 16.2. The average Bonchev–Trinajstić information content (AvgIpc) is 2.43. The Bertz CT molecular complexity index is 190. The molecule has 2 heterocycles. The number of nitrogens with one attached hydrogen (secondary N) is 2. The van der Waals surface area contributed by atoms with Crippen molar-refractivity contribution in [3.8, 4) is 0 Å². The molecule has 2 saturated heterocycles. The van der Waals surface area contributed by atoms with E-state index in [1.54, 1.807) is 0 Å². The third kappa shape index (κ3) is 0.540. The van der Waals surface area contributed by atoms with E-state index in [4.69, 9.17) is 0 Å². The first-order chi connectivity index (χ1) is 4.27. The SMILES string of the molecule is O=C1NC(=O)N2CC2N1. The van der Waals surface area contributed by atoms with Gasteiger partial charge in [-0.1, -0.05) is 0 Å². The molecule has 5 nitrogen and oxygen atoms in total. The third-order valence-electron chi connectivity index (χ3n) is 1.39. The lowest BCUT2D eigenvalue weighted by Crippen LogP contribution is -2.49. The second-order valence-corrected chi connectivity index (χ2v) is 2.07. The summed E-state index contributed by atoms with van der Waals surface area (Å²) in [4.78, 5) is 22.6. The van der Waals surface area contributed by atoms with Gasteiger partial charge < -0.3 is 5.32 Å². The molecule has 1 unspecified atom stereocenters. The highest BCUT2D eigenvalue weighted by molar-refractivity contribution is 5.97. The smallest absolute Gasteiger partial charge is 0.316 e. The molecule has 5 heteroatoms. The topological polar surface area (TPSA) is 61.2 Å². The number of rotatable bonds is 0. The fourth-order valence-electron chi connectivity index (χ4n) is 0.844. The van der Waals surface area contributed by atoms with Crippen LogP contribution in [0.3, 0.4) is 0 Å². The number of carbonyl (C=O) groups is 2. The Labute approximate surface area is 51.0 Å². The lowest BCUT2D eigenvalue weighted by molar-refractivity contribution is 0.208. The summed E-state index contributed by atoms with van der Waals surface area (Å²) >= 11 is 0. The summed E-state index contributed by atoms with van der Waals surface area (Å²) in [5, 5.41) is 4.65. The molecule has 0 aromatic heterocycles. The molecule has 2 aliphatic heterocycles. The monoisotopic (exact) mass is 127 g/mol. The Hall–Kier alpha value is -1.26. The van der Waals surface area contributed by atoms with Crippen LogP contribution < -0.4 is 10.6 Å². The predicted molar refractivity (Wildman–Crippen MR) is 27.6 cm³/mol. The Balaban J connectivity index is 2.15. The van der Waals surface area contributed by atoms with Crippen LogP contribution in [-0.4, -0.2) is 29.7 Å². The summed E-state index contributed by atoms with van der Waals surface area (Å²) in [5.41, 5.74) is 0. The molecule has 9 heavy (non-hydrogen) atoms. The standard InChI is InChI=1S/C4H5N3O2/c8-3-5-2-1-7(2)4(9)6-3/h2H,1H2,(H2,5,6,8,9). The highest BCUT2D eigenvalue weighted by Gasteiger charge is 2.44. The van der Waals surface area contributed by atoms with Crippen LogP contribution in [0.4, 0.5) is 9.59 Å². The molecule has 0 aromatic carbocycles. The molecule has 2 rings (SSSR count). The van der Waals surface area contributed by atoms with Gasteiger partial charge in [0.25, 0.3) is 0 Å². The normalized spacial score (nSPS) is 30.7. The summed E-state index contributed by atoms with van der Waals surface area (Å²) < 4.78 is 0. The molecule has 0 saturated carbocycles. The van der Waals surface area contributed by atoms with Gasteiger partial charge in [0.1, 0.15) is 6.17 Å². The molecule has 2 N–H and O–H groups in total. The van der Waals surface area contributed by atoms with E-state index in [1.807, 2.05) is 0 Å². The second-order valence-electron chi connectivity index (χ2n) is 2.07. The first-order valence-electron chi connectivity index (χ1n) is 2.65. The molecule has 0 radical (unpaired) electrons. The number of hydrogen-bond acceptors (Lipinski definition) is 2. The van der Waals surface area contributed by atoms with Crippen LogP contribution in [-0.2, 0) is 0 Å². The van der Waals surface area contributed by atoms with Gasteiger partial charge in [0.2, 0.25) is 0 Å². The van der Waals surface area contributed by atoms with Crippen LogP contribution in [0, 0.1) is 0 Å². The molecule has 1 atom stereocenters. The van der Waals surface area contributed by atoms with E-state index in [0.717, 1.165) is 0 Å². The van der Waals surface area contributed by atoms with Crippen molar-refractivity contribution < 1.29 is 9.59 Å². The second kappa shape index (κ2) is 1.18. The van der Waals surface area contributed by atoms with Crippen LogP contribution in [0.1, 0.15) is 0 Å². The van der Waals surface area contributed by atoms with E-state index < -0.39 is 6.03 Å². The number of hydrogen-bond donors (Lipinski definition) is 2. The van der Waals surface area contributed by atoms with Crippen LogP contribution >= 0.6 is 0 Å². The number of urea groups is 2. The average molecular weight is 127 g/mol. The minimum absolute atomic E-state index is 0.0220. The molecule has 0 aliphatic carbocycles. The van der Waals surface area contributed by atoms with Crippen LogP contribution in [0.15, 0.2) is 0 Å². The van der Waals surface area contributed by atoms with Crippen molar-refractivity contribution in [3.63, 3.8) is 0 Å².